The molecule has 0 fully saturated rings. The van der Waals surface area contributed by atoms with Crippen molar-refractivity contribution >= 4 is 36.1 Å². The first kappa shape index (κ1) is 21.3. The maximum atomic E-state index is 12.5. The lowest BCUT2D eigenvalue weighted by atomic mass is 10.1. The van der Waals surface area contributed by atoms with Gasteiger partial charge in [-0.05, 0) is 25.0 Å². The summed E-state index contributed by atoms with van der Waals surface area (Å²) in [5.41, 5.74) is 0.968. The minimum absolute atomic E-state index is 0.0454. The third-order valence-corrected chi connectivity index (χ3v) is 5.63. The van der Waals surface area contributed by atoms with Gasteiger partial charge in [0.05, 0.1) is 17.8 Å². The third-order valence-electron chi connectivity index (χ3n) is 3.11. The van der Waals surface area contributed by atoms with E-state index in [4.69, 9.17) is 0 Å². The van der Waals surface area contributed by atoms with Crippen molar-refractivity contribution in [1.82, 2.24) is 4.72 Å². The number of rotatable bonds is 8. The summed E-state index contributed by atoms with van der Waals surface area (Å²) in [5.74, 6) is -0.0454. The van der Waals surface area contributed by atoms with Crippen LogP contribution in [0, 0.1) is 12.8 Å². The van der Waals surface area contributed by atoms with Crippen LogP contribution < -0.4 is 4.72 Å². The second-order valence-electron chi connectivity index (χ2n) is 5.78. The molecule has 0 aliphatic carbocycles. The van der Waals surface area contributed by atoms with Crippen molar-refractivity contribution in [3.05, 3.63) is 40.4 Å². The summed E-state index contributed by atoms with van der Waals surface area (Å²) in [6.45, 7) is 5.41. The summed E-state index contributed by atoms with van der Waals surface area (Å²) < 4.78 is 54.7. The number of aryl methyl sites for hydroxylation is 1. The van der Waals surface area contributed by atoms with Gasteiger partial charge in [-0.1, -0.05) is 53.5 Å². The fourth-order valence-corrected chi connectivity index (χ4v) is 3.95. The van der Waals surface area contributed by atoms with Crippen LogP contribution in [0.5, 0.6) is 0 Å². The summed E-state index contributed by atoms with van der Waals surface area (Å²) in [7, 11) is -7.25. The van der Waals surface area contributed by atoms with E-state index in [2.05, 4.69) is 24.8 Å². The van der Waals surface area contributed by atoms with Gasteiger partial charge < -0.3 is 0 Å². The fourth-order valence-electron chi connectivity index (χ4n) is 1.73. The SMILES string of the molecule is Cc1ccc(S(=O)(=O)N[C@H](/C=C(\Br)COS(C)(=O)=O)C(C)C)cc1. The molecular weight excluding hydrogens is 418 g/mol. The summed E-state index contributed by atoms with van der Waals surface area (Å²) in [5, 5.41) is 0. The Morgan fingerprint density at radius 3 is 2.21 bits per heavy atom. The van der Waals surface area contributed by atoms with E-state index >= 15 is 0 Å². The number of benzene rings is 1. The van der Waals surface area contributed by atoms with Gasteiger partial charge in [0.1, 0.15) is 0 Å². The molecule has 0 spiro atoms. The first-order valence-corrected chi connectivity index (χ1v) is 11.3. The van der Waals surface area contributed by atoms with Gasteiger partial charge in [-0.25, -0.2) is 13.1 Å². The lowest BCUT2D eigenvalue weighted by molar-refractivity contribution is 0.358. The van der Waals surface area contributed by atoms with E-state index in [1.807, 2.05) is 20.8 Å². The van der Waals surface area contributed by atoms with E-state index in [0.29, 0.717) is 4.48 Å². The second kappa shape index (κ2) is 8.57. The first-order valence-electron chi connectivity index (χ1n) is 7.20. The summed E-state index contributed by atoms with van der Waals surface area (Å²) in [4.78, 5) is 0.177. The molecule has 1 atom stereocenters. The summed E-state index contributed by atoms with van der Waals surface area (Å²) in [6.07, 6.45) is 2.55. The summed E-state index contributed by atoms with van der Waals surface area (Å²) in [6, 6.07) is 6.02. The van der Waals surface area contributed by atoms with E-state index in [1.165, 1.54) is 0 Å². The number of halogens is 1. The Morgan fingerprint density at radius 1 is 1.21 bits per heavy atom. The van der Waals surface area contributed by atoms with E-state index in [9.17, 15) is 16.8 Å². The van der Waals surface area contributed by atoms with Crippen molar-refractivity contribution in [2.24, 2.45) is 5.92 Å². The maximum Gasteiger partial charge on any atom is 0.264 e. The smallest absolute Gasteiger partial charge is 0.264 e. The molecule has 1 N–H and O–H groups in total. The van der Waals surface area contributed by atoms with Gasteiger partial charge in [0.2, 0.25) is 10.0 Å². The molecule has 0 aromatic heterocycles. The molecule has 0 aliphatic rings. The fraction of sp³-hybridized carbons (Fsp3) is 0.467. The molecule has 6 nitrogen and oxygen atoms in total. The highest BCUT2D eigenvalue weighted by Gasteiger charge is 2.21. The number of nitrogens with one attached hydrogen (secondary N) is 1. The first-order chi connectivity index (χ1) is 10.9. The molecule has 0 saturated carbocycles. The second-order valence-corrected chi connectivity index (χ2v) is 10.2. The van der Waals surface area contributed by atoms with E-state index in [0.717, 1.165) is 11.8 Å². The normalized spacial score (nSPS) is 14.8. The Kier molecular flexibility index (Phi) is 7.61. The van der Waals surface area contributed by atoms with Crippen molar-refractivity contribution in [1.29, 1.82) is 0 Å². The van der Waals surface area contributed by atoms with Crippen LogP contribution in [0.15, 0.2) is 39.7 Å². The molecule has 1 aromatic carbocycles. The van der Waals surface area contributed by atoms with Gasteiger partial charge in [0, 0.05) is 10.5 Å². The molecule has 136 valence electrons. The minimum atomic E-state index is -3.68. The predicted octanol–water partition coefficient (Wildman–Crippen LogP) is 2.55. The zero-order valence-corrected chi connectivity index (χ0v) is 17.2. The van der Waals surface area contributed by atoms with Crippen molar-refractivity contribution < 1.29 is 21.0 Å². The van der Waals surface area contributed by atoms with Crippen LogP contribution in [0.25, 0.3) is 0 Å². The molecule has 0 amide bonds. The van der Waals surface area contributed by atoms with Crippen molar-refractivity contribution in [2.45, 2.75) is 31.7 Å². The Bertz CT molecular complexity index is 784. The molecular formula is C15H22BrNO5S2. The van der Waals surface area contributed by atoms with E-state index < -0.39 is 26.2 Å². The predicted molar refractivity (Wildman–Crippen MR) is 97.9 cm³/mol. The zero-order chi connectivity index (χ0) is 18.5. The number of hydrogen-bond donors (Lipinski definition) is 1. The average Bonchev–Trinajstić information content (AvgIpc) is 2.44. The third kappa shape index (κ3) is 7.43. The Morgan fingerprint density at radius 2 is 1.75 bits per heavy atom. The summed E-state index contributed by atoms with van der Waals surface area (Å²) >= 11 is 3.21. The molecule has 0 bridgehead atoms. The molecule has 0 unspecified atom stereocenters. The van der Waals surface area contributed by atoms with Gasteiger partial charge in [-0.3, -0.25) is 4.18 Å². The topological polar surface area (TPSA) is 89.5 Å². The van der Waals surface area contributed by atoms with Crippen LogP contribution in [0.2, 0.25) is 0 Å². The zero-order valence-electron chi connectivity index (χ0n) is 14.0. The monoisotopic (exact) mass is 439 g/mol. The molecule has 0 aliphatic heterocycles. The molecule has 1 rings (SSSR count). The lowest BCUT2D eigenvalue weighted by Crippen LogP contribution is -2.37. The van der Waals surface area contributed by atoms with Crippen LogP contribution >= 0.6 is 15.9 Å². The molecule has 9 heteroatoms. The highest BCUT2D eigenvalue weighted by molar-refractivity contribution is 9.11. The van der Waals surface area contributed by atoms with Crippen LogP contribution in [-0.2, 0) is 24.3 Å². The van der Waals surface area contributed by atoms with E-state index in [1.54, 1.807) is 30.3 Å². The highest BCUT2D eigenvalue weighted by atomic mass is 79.9. The molecule has 0 heterocycles. The lowest BCUT2D eigenvalue weighted by Gasteiger charge is -2.20. The van der Waals surface area contributed by atoms with Crippen LogP contribution in [0.4, 0.5) is 0 Å². The average molecular weight is 440 g/mol. The van der Waals surface area contributed by atoms with Crippen LogP contribution in [-0.4, -0.2) is 35.7 Å². The molecule has 24 heavy (non-hydrogen) atoms. The quantitative estimate of drug-likeness (QED) is 0.628. The largest absolute Gasteiger partial charge is 0.265 e. The van der Waals surface area contributed by atoms with Gasteiger partial charge >= 0.3 is 0 Å². The van der Waals surface area contributed by atoms with Crippen molar-refractivity contribution in [3.63, 3.8) is 0 Å². The Labute approximate surface area is 152 Å². The highest BCUT2D eigenvalue weighted by Crippen LogP contribution is 2.16. The molecule has 1 aromatic rings. The van der Waals surface area contributed by atoms with Crippen molar-refractivity contribution in [2.75, 3.05) is 12.9 Å². The minimum Gasteiger partial charge on any atom is -0.265 e. The van der Waals surface area contributed by atoms with Gasteiger partial charge in [0.15, 0.2) is 0 Å². The molecule has 0 saturated heterocycles. The van der Waals surface area contributed by atoms with Crippen molar-refractivity contribution in [3.8, 4) is 0 Å². The van der Waals surface area contributed by atoms with Gasteiger partial charge in [-0.2, -0.15) is 8.42 Å². The van der Waals surface area contributed by atoms with E-state index in [-0.39, 0.29) is 17.4 Å². The Balaban J connectivity index is 2.94. The van der Waals surface area contributed by atoms with Crippen LogP contribution in [0.3, 0.4) is 0 Å². The van der Waals surface area contributed by atoms with Crippen LogP contribution in [0.1, 0.15) is 19.4 Å². The number of sulfonamides is 1. The standard InChI is InChI=1S/C15H22BrNO5S2/c1-11(2)15(9-13(16)10-22-23(4,18)19)17-24(20,21)14-7-5-12(3)6-8-14/h5-9,11,15,17H,10H2,1-4H3/b13-9-/t15-/m1/s1. The van der Waals surface area contributed by atoms with Gasteiger partial charge in [-0.15, -0.1) is 0 Å². The maximum absolute atomic E-state index is 12.5. The molecule has 0 radical (unpaired) electrons. The van der Waals surface area contributed by atoms with Gasteiger partial charge in [0.25, 0.3) is 10.1 Å². The number of hydrogen-bond acceptors (Lipinski definition) is 5. The Hall–Kier alpha value is -0.740.